The van der Waals surface area contributed by atoms with E-state index in [0.717, 1.165) is 28.1 Å². The summed E-state index contributed by atoms with van der Waals surface area (Å²) in [7, 11) is 0. The van der Waals surface area contributed by atoms with Crippen molar-refractivity contribution in [2.45, 2.75) is 13.8 Å². The second kappa shape index (κ2) is 6.03. The topological polar surface area (TPSA) is 99.1 Å². The van der Waals surface area contributed by atoms with E-state index in [2.05, 4.69) is 20.1 Å². The SMILES string of the molecule is Cc1cc(-c2c(-c3ccccc3)nc(N)n3nc(C=O)nc23)cc(C)n1. The Morgan fingerprint density at radius 3 is 2.31 bits per heavy atom. The van der Waals surface area contributed by atoms with Gasteiger partial charge in [-0.25, -0.2) is 9.97 Å². The number of nitrogens with two attached hydrogens (primary N) is 1. The third kappa shape index (κ3) is 2.59. The first-order chi connectivity index (χ1) is 12.6. The lowest BCUT2D eigenvalue weighted by Gasteiger charge is -2.13. The maximum Gasteiger partial charge on any atom is 0.223 e. The van der Waals surface area contributed by atoms with Crippen LogP contribution in [0.1, 0.15) is 22.0 Å². The Kier molecular flexibility index (Phi) is 3.69. The average molecular weight is 344 g/mol. The molecule has 7 nitrogen and oxygen atoms in total. The van der Waals surface area contributed by atoms with Crippen molar-refractivity contribution in [3.8, 4) is 22.4 Å². The minimum Gasteiger partial charge on any atom is -0.368 e. The minimum absolute atomic E-state index is 0.0625. The van der Waals surface area contributed by atoms with E-state index >= 15 is 0 Å². The lowest BCUT2D eigenvalue weighted by atomic mass is 9.99. The molecule has 0 aliphatic heterocycles. The number of nitrogen functional groups attached to an aromatic ring is 1. The van der Waals surface area contributed by atoms with Crippen LogP contribution in [-0.4, -0.2) is 30.9 Å². The Balaban J connectivity index is 2.15. The van der Waals surface area contributed by atoms with Crippen LogP contribution in [0, 0.1) is 13.8 Å². The molecule has 3 aromatic heterocycles. The predicted octanol–water partition coefficient (Wildman–Crippen LogP) is 2.86. The molecule has 26 heavy (non-hydrogen) atoms. The monoisotopic (exact) mass is 344 g/mol. The third-order valence-corrected chi connectivity index (χ3v) is 4.05. The maximum absolute atomic E-state index is 11.2. The van der Waals surface area contributed by atoms with Crippen LogP contribution in [-0.2, 0) is 0 Å². The van der Waals surface area contributed by atoms with Crippen LogP contribution in [0.5, 0.6) is 0 Å². The van der Waals surface area contributed by atoms with Crippen molar-refractivity contribution in [2.75, 3.05) is 5.73 Å². The highest BCUT2D eigenvalue weighted by atomic mass is 16.1. The quantitative estimate of drug-likeness (QED) is 0.574. The summed E-state index contributed by atoms with van der Waals surface area (Å²) in [6.07, 6.45) is 0.599. The fourth-order valence-electron chi connectivity index (χ4n) is 3.07. The first-order valence-electron chi connectivity index (χ1n) is 8.09. The van der Waals surface area contributed by atoms with Gasteiger partial charge in [0.1, 0.15) is 0 Å². The molecule has 0 bridgehead atoms. The Morgan fingerprint density at radius 1 is 0.962 bits per heavy atom. The molecule has 0 aliphatic rings. The van der Waals surface area contributed by atoms with E-state index in [1.165, 1.54) is 4.52 Å². The number of hydrogen-bond acceptors (Lipinski definition) is 6. The van der Waals surface area contributed by atoms with Crippen LogP contribution >= 0.6 is 0 Å². The van der Waals surface area contributed by atoms with E-state index in [9.17, 15) is 4.79 Å². The van der Waals surface area contributed by atoms with Gasteiger partial charge in [0.25, 0.3) is 0 Å². The van der Waals surface area contributed by atoms with Crippen molar-refractivity contribution < 1.29 is 4.79 Å². The molecule has 0 atom stereocenters. The zero-order chi connectivity index (χ0) is 18.3. The molecule has 1 aromatic carbocycles. The molecule has 0 radical (unpaired) electrons. The summed E-state index contributed by atoms with van der Waals surface area (Å²) in [4.78, 5) is 24.5. The third-order valence-electron chi connectivity index (χ3n) is 4.05. The number of anilines is 1. The molecule has 3 heterocycles. The van der Waals surface area contributed by atoms with Crippen molar-refractivity contribution in [3.05, 3.63) is 59.7 Å². The number of nitrogens with zero attached hydrogens (tertiary/aromatic N) is 5. The summed E-state index contributed by atoms with van der Waals surface area (Å²) in [5.74, 6) is 0.234. The number of hydrogen-bond donors (Lipinski definition) is 1. The zero-order valence-corrected chi connectivity index (χ0v) is 14.3. The number of fused-ring (bicyclic) bond motifs is 1. The van der Waals surface area contributed by atoms with Crippen LogP contribution in [0.25, 0.3) is 28.0 Å². The molecule has 0 saturated heterocycles. The molecule has 0 fully saturated rings. The Hall–Kier alpha value is -3.61. The first-order valence-corrected chi connectivity index (χ1v) is 8.09. The van der Waals surface area contributed by atoms with Gasteiger partial charge in [0.15, 0.2) is 11.9 Å². The number of benzene rings is 1. The molecule has 7 heteroatoms. The van der Waals surface area contributed by atoms with Gasteiger partial charge < -0.3 is 5.73 Å². The van der Waals surface area contributed by atoms with Crippen molar-refractivity contribution in [3.63, 3.8) is 0 Å². The highest BCUT2D eigenvalue weighted by Gasteiger charge is 2.20. The summed E-state index contributed by atoms with van der Waals surface area (Å²) in [5, 5.41) is 4.13. The van der Waals surface area contributed by atoms with Crippen LogP contribution < -0.4 is 5.73 Å². The Labute approximate surface area is 149 Å². The number of pyridine rings is 1. The van der Waals surface area contributed by atoms with Gasteiger partial charge in [0, 0.05) is 17.0 Å². The molecule has 0 aliphatic carbocycles. The number of aromatic nitrogens is 5. The molecule has 0 saturated carbocycles. The van der Waals surface area contributed by atoms with Gasteiger partial charge in [0.05, 0.1) is 11.3 Å². The van der Waals surface area contributed by atoms with Crippen LogP contribution in [0.2, 0.25) is 0 Å². The molecule has 0 spiro atoms. The Bertz CT molecular complexity index is 1110. The fourth-order valence-corrected chi connectivity index (χ4v) is 3.07. The van der Waals surface area contributed by atoms with Crippen molar-refractivity contribution >= 4 is 17.9 Å². The normalized spacial score (nSPS) is 11.0. The van der Waals surface area contributed by atoms with E-state index in [1.54, 1.807) is 0 Å². The van der Waals surface area contributed by atoms with Gasteiger partial charge in [0.2, 0.25) is 11.8 Å². The van der Waals surface area contributed by atoms with Crippen molar-refractivity contribution in [1.29, 1.82) is 0 Å². The van der Waals surface area contributed by atoms with Crippen molar-refractivity contribution in [1.82, 2.24) is 24.6 Å². The maximum atomic E-state index is 11.2. The molecule has 2 N–H and O–H groups in total. The van der Waals surface area contributed by atoms with E-state index in [0.29, 0.717) is 17.6 Å². The number of aldehydes is 1. The van der Waals surface area contributed by atoms with Gasteiger partial charge in [-0.1, -0.05) is 30.3 Å². The summed E-state index contributed by atoms with van der Waals surface area (Å²) < 4.78 is 1.40. The Morgan fingerprint density at radius 2 is 1.65 bits per heavy atom. The lowest BCUT2D eigenvalue weighted by Crippen LogP contribution is -2.06. The van der Waals surface area contributed by atoms with E-state index in [4.69, 9.17) is 5.73 Å². The smallest absolute Gasteiger partial charge is 0.223 e. The molecule has 4 aromatic rings. The largest absolute Gasteiger partial charge is 0.368 e. The molecular formula is C19H16N6O. The van der Waals surface area contributed by atoms with Crippen LogP contribution in [0.4, 0.5) is 5.95 Å². The van der Waals surface area contributed by atoms with Gasteiger partial charge in [-0.05, 0) is 31.5 Å². The van der Waals surface area contributed by atoms with E-state index in [-0.39, 0.29) is 11.8 Å². The summed E-state index contributed by atoms with van der Waals surface area (Å²) in [6.45, 7) is 3.86. The summed E-state index contributed by atoms with van der Waals surface area (Å²) >= 11 is 0. The molecular weight excluding hydrogens is 328 g/mol. The van der Waals surface area contributed by atoms with Crippen molar-refractivity contribution in [2.24, 2.45) is 0 Å². The standard InChI is InChI=1S/C19H16N6O/c1-11-8-14(9-12(2)21-11)16-17(13-6-4-3-5-7-13)23-19(20)25-18(16)22-15(10-26)24-25/h3-10H,1-2H3,(H2,20,23). The summed E-state index contributed by atoms with van der Waals surface area (Å²) in [6, 6.07) is 13.6. The lowest BCUT2D eigenvalue weighted by molar-refractivity contribution is 0.111. The second-order valence-corrected chi connectivity index (χ2v) is 6.02. The molecule has 0 amide bonds. The highest BCUT2D eigenvalue weighted by Crippen LogP contribution is 2.35. The van der Waals surface area contributed by atoms with Gasteiger partial charge >= 0.3 is 0 Å². The first kappa shape index (κ1) is 15.9. The number of carbonyl (C=O) groups is 1. The average Bonchev–Trinajstić information content (AvgIpc) is 3.06. The molecule has 0 unspecified atom stereocenters. The van der Waals surface area contributed by atoms with Gasteiger partial charge in [-0.3, -0.25) is 9.78 Å². The van der Waals surface area contributed by atoms with E-state index < -0.39 is 0 Å². The van der Waals surface area contributed by atoms with Gasteiger partial charge in [-0.2, -0.15) is 4.52 Å². The number of rotatable bonds is 3. The molecule has 128 valence electrons. The zero-order valence-electron chi connectivity index (χ0n) is 14.3. The van der Waals surface area contributed by atoms with E-state index in [1.807, 2.05) is 56.3 Å². The van der Waals surface area contributed by atoms with Crippen LogP contribution in [0.15, 0.2) is 42.5 Å². The fraction of sp³-hybridized carbons (Fsp3) is 0.105. The predicted molar refractivity (Wildman–Crippen MR) is 98.7 cm³/mol. The summed E-state index contributed by atoms with van der Waals surface area (Å²) in [5.41, 5.74) is 11.6. The number of carbonyl (C=O) groups excluding carboxylic acids is 1. The number of aryl methyl sites for hydroxylation is 2. The minimum atomic E-state index is 0.0625. The van der Waals surface area contributed by atoms with Crippen LogP contribution in [0.3, 0.4) is 0 Å². The highest BCUT2D eigenvalue weighted by molar-refractivity contribution is 5.91. The molecule has 4 rings (SSSR count). The second-order valence-electron chi connectivity index (χ2n) is 6.02. The van der Waals surface area contributed by atoms with Gasteiger partial charge in [-0.15, -0.1) is 5.10 Å².